The third-order valence-corrected chi connectivity index (χ3v) is 15.8. The lowest BCUT2D eigenvalue weighted by Crippen LogP contribution is -2.26. The van der Waals surface area contributed by atoms with Crippen LogP contribution in [0.5, 0.6) is 0 Å². The van der Waals surface area contributed by atoms with Gasteiger partial charge in [-0.2, -0.15) is 0 Å². The maximum Gasteiger partial charge on any atom is 0.135 e. The van der Waals surface area contributed by atoms with Crippen LogP contribution in [-0.4, -0.2) is 0 Å². The Morgan fingerprint density at radius 3 is 1.37 bits per heavy atom. The molecule has 0 N–H and O–H groups in total. The molecule has 0 saturated carbocycles. The van der Waals surface area contributed by atoms with Gasteiger partial charge in [-0.25, -0.2) is 0 Å². The maximum absolute atomic E-state index is 6.39. The average molecular weight is 931 g/mol. The van der Waals surface area contributed by atoms with Crippen molar-refractivity contribution in [2.24, 2.45) is 0 Å². The first-order chi connectivity index (χ1) is 36.2. The van der Waals surface area contributed by atoms with Gasteiger partial charge >= 0.3 is 0 Å². The molecule has 0 amide bonds. The minimum Gasteiger partial charge on any atom is -0.456 e. The SMILES string of the molecule is c1ccc(N(c2ccc3cc4c(cc3c2)C2(c3ccccc3-c3ccccc32)c2cc(N(c3ccccc3)c3ccc5oc6ccccc6c5c3)c3ccccc3c2-4)c2ccc3oc4ccccc4c3c2)cc1. The molecule has 0 fully saturated rings. The summed E-state index contributed by atoms with van der Waals surface area (Å²) in [5, 5.41) is 9.17. The second-order valence-corrected chi connectivity index (χ2v) is 19.5. The van der Waals surface area contributed by atoms with Gasteiger partial charge in [0.25, 0.3) is 0 Å². The molecule has 16 rings (SSSR count). The number of hydrogen-bond donors (Lipinski definition) is 0. The van der Waals surface area contributed by atoms with Crippen LogP contribution in [0.1, 0.15) is 22.3 Å². The summed E-state index contributed by atoms with van der Waals surface area (Å²) in [5.41, 5.74) is 19.7. The number of fused-ring (bicyclic) bond motifs is 19. The van der Waals surface area contributed by atoms with Crippen molar-refractivity contribution < 1.29 is 8.83 Å². The molecule has 73 heavy (non-hydrogen) atoms. The van der Waals surface area contributed by atoms with Gasteiger partial charge in [0.05, 0.1) is 11.1 Å². The molecule has 0 bridgehead atoms. The Balaban J connectivity index is 0.966. The van der Waals surface area contributed by atoms with Crippen molar-refractivity contribution in [1.82, 2.24) is 0 Å². The molecule has 2 heterocycles. The normalized spacial score (nSPS) is 13.0. The summed E-state index contributed by atoms with van der Waals surface area (Å²) in [6.45, 7) is 0. The molecule has 4 heteroatoms. The second-order valence-electron chi connectivity index (χ2n) is 19.5. The zero-order valence-corrected chi connectivity index (χ0v) is 39.5. The number of hydrogen-bond acceptors (Lipinski definition) is 4. The Labute approximate surface area is 420 Å². The summed E-state index contributed by atoms with van der Waals surface area (Å²) in [6.07, 6.45) is 0. The fourth-order valence-electron chi connectivity index (χ4n) is 12.8. The zero-order chi connectivity index (χ0) is 47.8. The lowest BCUT2D eigenvalue weighted by Gasteiger charge is -2.33. The standard InChI is InChI=1S/C69H42N2O2/c1-3-17-45(18-4-1)70(48-33-35-66-56(40-48)53-24-11-15-29-64(53)72-66)47-32-31-43-38-58-61(39-44(43)37-47)69(59-27-13-9-21-50(59)51-22-10-14-28-60(51)69)62-42-63(52-23-7-8-26-55(52)68(58)62)71(46-19-5-2-6-20-46)49-34-36-67-57(41-49)54-25-12-16-30-65(54)73-67/h1-42H. The summed E-state index contributed by atoms with van der Waals surface area (Å²) in [5.74, 6) is 0. The first kappa shape index (κ1) is 40.1. The molecule has 0 radical (unpaired) electrons. The van der Waals surface area contributed by atoms with Gasteiger partial charge in [0.15, 0.2) is 0 Å². The summed E-state index contributed by atoms with van der Waals surface area (Å²) in [4.78, 5) is 4.83. The van der Waals surface area contributed by atoms with Crippen molar-refractivity contribution in [1.29, 1.82) is 0 Å². The molecule has 2 aliphatic carbocycles. The highest BCUT2D eigenvalue weighted by atomic mass is 16.3. The number of benzene rings is 12. The fourth-order valence-corrected chi connectivity index (χ4v) is 12.8. The third kappa shape index (κ3) is 5.66. The van der Waals surface area contributed by atoms with Crippen LogP contribution in [0.4, 0.5) is 34.1 Å². The Morgan fingerprint density at radius 1 is 0.260 bits per heavy atom. The predicted molar refractivity (Wildman–Crippen MR) is 302 cm³/mol. The van der Waals surface area contributed by atoms with E-state index in [4.69, 9.17) is 8.83 Å². The van der Waals surface area contributed by atoms with Crippen LogP contribution < -0.4 is 9.80 Å². The van der Waals surface area contributed by atoms with Crippen LogP contribution in [0.25, 0.3) is 87.7 Å². The molecule has 340 valence electrons. The second kappa shape index (κ2) is 15.2. The molecule has 0 atom stereocenters. The van der Waals surface area contributed by atoms with Crippen LogP contribution in [0.15, 0.2) is 264 Å². The number of rotatable bonds is 6. The first-order valence-electron chi connectivity index (χ1n) is 25.1. The first-order valence-corrected chi connectivity index (χ1v) is 25.1. The monoisotopic (exact) mass is 930 g/mol. The van der Waals surface area contributed by atoms with Crippen molar-refractivity contribution in [3.63, 3.8) is 0 Å². The van der Waals surface area contributed by atoms with Crippen LogP contribution in [0.3, 0.4) is 0 Å². The number of nitrogens with zero attached hydrogens (tertiary/aromatic N) is 2. The Kier molecular flexibility index (Phi) is 8.35. The van der Waals surface area contributed by atoms with Gasteiger partial charge in [0.2, 0.25) is 0 Å². The molecular weight excluding hydrogens is 889 g/mol. The van der Waals surface area contributed by atoms with Crippen molar-refractivity contribution in [3.05, 3.63) is 277 Å². The van der Waals surface area contributed by atoms with E-state index in [0.29, 0.717) is 0 Å². The lowest BCUT2D eigenvalue weighted by atomic mass is 9.70. The molecular formula is C69H42N2O2. The predicted octanol–water partition coefficient (Wildman–Crippen LogP) is 19.1. The highest BCUT2D eigenvalue weighted by Gasteiger charge is 2.52. The average Bonchev–Trinajstić information content (AvgIpc) is 4.19. The molecule has 0 aliphatic heterocycles. The molecule has 0 unspecified atom stereocenters. The van der Waals surface area contributed by atoms with Crippen molar-refractivity contribution in [2.75, 3.05) is 9.80 Å². The minimum absolute atomic E-state index is 0.625. The molecule has 4 nitrogen and oxygen atoms in total. The lowest BCUT2D eigenvalue weighted by molar-refractivity contribution is 0.668. The van der Waals surface area contributed by atoms with Gasteiger partial charge in [-0.15, -0.1) is 0 Å². The van der Waals surface area contributed by atoms with E-state index in [2.05, 4.69) is 246 Å². The van der Waals surface area contributed by atoms with Gasteiger partial charge in [-0.05, 0) is 164 Å². The highest BCUT2D eigenvalue weighted by molar-refractivity contribution is 6.15. The van der Waals surface area contributed by atoms with Crippen LogP contribution >= 0.6 is 0 Å². The molecule has 1 spiro atoms. The van der Waals surface area contributed by atoms with Crippen LogP contribution in [0, 0.1) is 0 Å². The van der Waals surface area contributed by atoms with E-state index in [0.717, 1.165) is 78.0 Å². The van der Waals surface area contributed by atoms with Gasteiger partial charge in [-0.1, -0.05) is 152 Å². The largest absolute Gasteiger partial charge is 0.456 e. The van der Waals surface area contributed by atoms with Gasteiger partial charge in [-0.3, -0.25) is 0 Å². The Morgan fingerprint density at radius 2 is 0.740 bits per heavy atom. The van der Waals surface area contributed by atoms with Crippen LogP contribution in [0.2, 0.25) is 0 Å². The molecule has 2 aliphatic rings. The summed E-state index contributed by atoms with van der Waals surface area (Å²) < 4.78 is 12.7. The van der Waals surface area contributed by atoms with Crippen molar-refractivity contribution >= 4 is 99.5 Å². The summed E-state index contributed by atoms with van der Waals surface area (Å²) in [7, 11) is 0. The Bertz CT molecular complexity index is 4540. The van der Waals surface area contributed by atoms with E-state index in [1.807, 2.05) is 18.2 Å². The van der Waals surface area contributed by atoms with Crippen molar-refractivity contribution in [3.8, 4) is 22.3 Å². The van der Waals surface area contributed by atoms with E-state index >= 15 is 0 Å². The quantitative estimate of drug-likeness (QED) is 0.166. The van der Waals surface area contributed by atoms with Gasteiger partial charge < -0.3 is 18.6 Å². The smallest absolute Gasteiger partial charge is 0.135 e. The molecule has 14 aromatic rings. The molecule has 0 saturated heterocycles. The minimum atomic E-state index is -0.625. The van der Waals surface area contributed by atoms with E-state index in [1.165, 1.54) is 66.1 Å². The number of furan rings is 2. The number of para-hydroxylation sites is 4. The molecule has 12 aromatic carbocycles. The van der Waals surface area contributed by atoms with Gasteiger partial charge in [0.1, 0.15) is 22.3 Å². The maximum atomic E-state index is 6.39. The zero-order valence-electron chi connectivity index (χ0n) is 39.5. The van der Waals surface area contributed by atoms with Crippen LogP contribution in [-0.2, 0) is 5.41 Å². The van der Waals surface area contributed by atoms with E-state index in [9.17, 15) is 0 Å². The van der Waals surface area contributed by atoms with Crippen molar-refractivity contribution in [2.45, 2.75) is 5.41 Å². The summed E-state index contributed by atoms with van der Waals surface area (Å²) in [6, 6.07) is 93.2. The Hall–Kier alpha value is -9.64. The van der Waals surface area contributed by atoms with E-state index in [-0.39, 0.29) is 0 Å². The fraction of sp³-hybridized carbons (Fsp3) is 0.0145. The van der Waals surface area contributed by atoms with E-state index < -0.39 is 5.41 Å². The third-order valence-electron chi connectivity index (χ3n) is 15.8. The topological polar surface area (TPSA) is 32.8 Å². The number of anilines is 6. The highest BCUT2D eigenvalue weighted by Crippen LogP contribution is 2.65. The van der Waals surface area contributed by atoms with E-state index in [1.54, 1.807) is 0 Å². The molecule has 2 aromatic heterocycles. The van der Waals surface area contributed by atoms with Gasteiger partial charge in [0, 0.05) is 55.4 Å². The summed E-state index contributed by atoms with van der Waals surface area (Å²) >= 11 is 0.